The second-order valence-corrected chi connectivity index (χ2v) is 7.59. The van der Waals surface area contributed by atoms with Gasteiger partial charge in [-0.15, -0.1) is 0 Å². The normalized spacial score (nSPS) is 27.7. The van der Waals surface area contributed by atoms with E-state index in [2.05, 4.69) is 34.6 Å². The summed E-state index contributed by atoms with van der Waals surface area (Å²) in [6, 6.07) is 9.07. The number of rotatable bonds is 4. The SMILES string of the molecule is CCOC(=O)N1CCC(NC(N)=NCC2C3Cc4ccccc4C23)CC1. The zero-order valence-corrected chi connectivity index (χ0v) is 15.4. The van der Waals surface area contributed by atoms with Gasteiger partial charge >= 0.3 is 6.09 Å². The molecule has 4 rings (SSSR count). The number of nitrogens with one attached hydrogen (secondary N) is 1. The molecule has 1 amide bonds. The Hall–Kier alpha value is -2.24. The summed E-state index contributed by atoms with van der Waals surface area (Å²) in [7, 11) is 0. The van der Waals surface area contributed by atoms with Crippen molar-refractivity contribution in [3.63, 3.8) is 0 Å². The first-order chi connectivity index (χ1) is 12.7. The summed E-state index contributed by atoms with van der Waals surface area (Å²) >= 11 is 0. The molecule has 3 aliphatic rings. The molecule has 3 unspecified atom stereocenters. The van der Waals surface area contributed by atoms with E-state index in [-0.39, 0.29) is 12.1 Å². The van der Waals surface area contributed by atoms with Gasteiger partial charge in [0, 0.05) is 25.7 Å². The zero-order valence-electron chi connectivity index (χ0n) is 15.4. The molecule has 3 atom stereocenters. The third-order valence-corrected chi connectivity index (χ3v) is 6.05. The Balaban J connectivity index is 1.22. The first-order valence-corrected chi connectivity index (χ1v) is 9.73. The Morgan fingerprint density at radius 2 is 2.12 bits per heavy atom. The number of nitrogens with two attached hydrogens (primary N) is 1. The van der Waals surface area contributed by atoms with Crippen LogP contribution in [0.25, 0.3) is 0 Å². The van der Waals surface area contributed by atoms with Gasteiger partial charge in [0.05, 0.1) is 6.61 Å². The van der Waals surface area contributed by atoms with Gasteiger partial charge in [-0.2, -0.15) is 0 Å². The van der Waals surface area contributed by atoms with Crippen LogP contribution in [0.1, 0.15) is 36.8 Å². The number of benzene rings is 1. The van der Waals surface area contributed by atoms with Crippen molar-refractivity contribution in [2.75, 3.05) is 26.2 Å². The zero-order chi connectivity index (χ0) is 18.1. The summed E-state index contributed by atoms with van der Waals surface area (Å²) in [5, 5.41) is 3.33. The van der Waals surface area contributed by atoms with Crippen LogP contribution in [0.5, 0.6) is 0 Å². The number of aliphatic imine (C=N–C) groups is 1. The maximum atomic E-state index is 11.7. The van der Waals surface area contributed by atoms with Gasteiger partial charge in [0.1, 0.15) is 0 Å². The highest BCUT2D eigenvalue weighted by Crippen LogP contribution is 2.61. The summed E-state index contributed by atoms with van der Waals surface area (Å²) in [4.78, 5) is 18.1. The minimum absolute atomic E-state index is 0.215. The summed E-state index contributed by atoms with van der Waals surface area (Å²) < 4.78 is 5.05. The van der Waals surface area contributed by atoms with E-state index in [4.69, 9.17) is 10.5 Å². The molecule has 0 bridgehead atoms. The lowest BCUT2D eigenvalue weighted by atomic mass is 10.0. The molecule has 6 heteroatoms. The summed E-state index contributed by atoms with van der Waals surface area (Å²) in [5.74, 6) is 2.64. The molecule has 3 N–H and O–H groups in total. The van der Waals surface area contributed by atoms with Crippen LogP contribution in [0.15, 0.2) is 29.3 Å². The van der Waals surface area contributed by atoms with Crippen molar-refractivity contribution in [1.82, 2.24) is 10.2 Å². The van der Waals surface area contributed by atoms with E-state index in [1.807, 2.05) is 6.92 Å². The van der Waals surface area contributed by atoms with Crippen molar-refractivity contribution < 1.29 is 9.53 Å². The van der Waals surface area contributed by atoms with Gasteiger partial charge in [0.25, 0.3) is 0 Å². The molecule has 1 aromatic rings. The number of hydrogen-bond donors (Lipinski definition) is 2. The molecule has 2 fully saturated rings. The van der Waals surface area contributed by atoms with Gasteiger partial charge in [-0.25, -0.2) is 4.79 Å². The number of guanidine groups is 1. The molecular formula is C20H28N4O2. The number of fused-ring (bicyclic) bond motifs is 3. The molecule has 6 nitrogen and oxygen atoms in total. The maximum Gasteiger partial charge on any atom is 0.409 e. The molecule has 0 spiro atoms. The second-order valence-electron chi connectivity index (χ2n) is 7.59. The monoisotopic (exact) mass is 356 g/mol. The number of likely N-dealkylation sites (tertiary alicyclic amines) is 1. The summed E-state index contributed by atoms with van der Waals surface area (Å²) in [6.45, 7) is 4.46. The predicted molar refractivity (Wildman–Crippen MR) is 101 cm³/mol. The van der Waals surface area contributed by atoms with Crippen LogP contribution in [0.3, 0.4) is 0 Å². The lowest BCUT2D eigenvalue weighted by Gasteiger charge is -2.31. The lowest BCUT2D eigenvalue weighted by molar-refractivity contribution is 0.0963. The van der Waals surface area contributed by atoms with E-state index >= 15 is 0 Å². The number of carbonyl (C=O) groups is 1. The number of nitrogens with zero attached hydrogens (tertiary/aromatic N) is 2. The van der Waals surface area contributed by atoms with E-state index in [0.29, 0.717) is 37.5 Å². The third kappa shape index (κ3) is 3.37. The van der Waals surface area contributed by atoms with E-state index in [1.165, 1.54) is 17.5 Å². The van der Waals surface area contributed by atoms with Crippen LogP contribution < -0.4 is 11.1 Å². The molecule has 1 heterocycles. The number of amides is 1. The molecule has 1 saturated carbocycles. The Morgan fingerprint density at radius 3 is 2.88 bits per heavy atom. The van der Waals surface area contributed by atoms with Crippen molar-refractivity contribution in [1.29, 1.82) is 0 Å². The van der Waals surface area contributed by atoms with Crippen LogP contribution >= 0.6 is 0 Å². The highest BCUT2D eigenvalue weighted by molar-refractivity contribution is 5.78. The van der Waals surface area contributed by atoms with Gasteiger partial charge in [0.2, 0.25) is 0 Å². The van der Waals surface area contributed by atoms with Crippen LogP contribution in [-0.2, 0) is 11.2 Å². The highest BCUT2D eigenvalue weighted by Gasteiger charge is 2.54. The number of piperidine rings is 1. The quantitative estimate of drug-likeness (QED) is 0.639. The number of carbonyl (C=O) groups excluding carboxylic acids is 1. The molecule has 0 radical (unpaired) electrons. The van der Waals surface area contributed by atoms with Gasteiger partial charge in [-0.05, 0) is 55.1 Å². The second kappa shape index (κ2) is 7.17. The molecule has 0 aromatic heterocycles. The Kier molecular flexibility index (Phi) is 4.74. The fourth-order valence-electron chi connectivity index (χ4n) is 4.61. The predicted octanol–water partition coefficient (Wildman–Crippen LogP) is 2.10. The third-order valence-electron chi connectivity index (χ3n) is 6.05. The van der Waals surface area contributed by atoms with Crippen LogP contribution in [-0.4, -0.2) is 49.2 Å². The standard InChI is InChI=1S/C20H28N4O2/c1-2-26-20(25)24-9-7-14(8-10-24)23-19(21)22-12-17-16-11-13-5-3-4-6-15(13)18(16)17/h3-6,14,16-18H,2,7-12H2,1H3,(H3,21,22,23). The van der Waals surface area contributed by atoms with Crippen molar-refractivity contribution in [2.45, 2.75) is 38.1 Å². The van der Waals surface area contributed by atoms with Crippen molar-refractivity contribution in [3.8, 4) is 0 Å². The van der Waals surface area contributed by atoms with Crippen LogP contribution in [0.4, 0.5) is 4.79 Å². The summed E-state index contributed by atoms with van der Waals surface area (Å²) in [6.07, 6.45) is 2.72. The van der Waals surface area contributed by atoms with E-state index in [0.717, 1.165) is 25.3 Å². The number of hydrogen-bond acceptors (Lipinski definition) is 3. The lowest BCUT2D eigenvalue weighted by Crippen LogP contribution is -2.48. The van der Waals surface area contributed by atoms with Crippen molar-refractivity contribution >= 4 is 12.1 Å². The molecule has 1 saturated heterocycles. The first-order valence-electron chi connectivity index (χ1n) is 9.73. The molecular weight excluding hydrogens is 328 g/mol. The van der Waals surface area contributed by atoms with Gasteiger partial charge in [0.15, 0.2) is 5.96 Å². The van der Waals surface area contributed by atoms with Gasteiger partial charge in [-0.1, -0.05) is 24.3 Å². The average molecular weight is 356 g/mol. The van der Waals surface area contributed by atoms with E-state index in [1.54, 1.807) is 4.90 Å². The highest BCUT2D eigenvalue weighted by atomic mass is 16.6. The van der Waals surface area contributed by atoms with Crippen molar-refractivity contribution in [3.05, 3.63) is 35.4 Å². The van der Waals surface area contributed by atoms with Gasteiger partial charge < -0.3 is 20.7 Å². The molecule has 1 aliphatic heterocycles. The molecule has 1 aromatic carbocycles. The smallest absolute Gasteiger partial charge is 0.409 e. The molecule has 140 valence electrons. The number of ether oxygens (including phenoxy) is 1. The average Bonchev–Trinajstić information content (AvgIpc) is 3.19. The van der Waals surface area contributed by atoms with E-state index in [9.17, 15) is 4.79 Å². The summed E-state index contributed by atoms with van der Waals surface area (Å²) in [5.41, 5.74) is 9.14. The maximum absolute atomic E-state index is 11.7. The molecule has 26 heavy (non-hydrogen) atoms. The van der Waals surface area contributed by atoms with E-state index < -0.39 is 0 Å². The first kappa shape index (κ1) is 17.2. The Bertz CT molecular complexity index is 697. The topological polar surface area (TPSA) is 80.0 Å². The minimum atomic E-state index is -0.215. The Morgan fingerprint density at radius 1 is 1.35 bits per heavy atom. The van der Waals surface area contributed by atoms with Crippen LogP contribution in [0, 0.1) is 11.8 Å². The fourth-order valence-corrected chi connectivity index (χ4v) is 4.61. The van der Waals surface area contributed by atoms with Gasteiger partial charge in [-0.3, -0.25) is 4.99 Å². The minimum Gasteiger partial charge on any atom is -0.450 e. The largest absolute Gasteiger partial charge is 0.450 e. The fraction of sp³-hybridized carbons (Fsp3) is 0.600. The van der Waals surface area contributed by atoms with Crippen molar-refractivity contribution in [2.24, 2.45) is 22.6 Å². The molecule has 2 aliphatic carbocycles. The Labute approximate surface area is 154 Å². The van der Waals surface area contributed by atoms with Crippen LogP contribution in [0.2, 0.25) is 0 Å².